The van der Waals surface area contributed by atoms with Crippen LogP contribution in [0.2, 0.25) is 0 Å². The number of aliphatic hydroxyl groups excluding tert-OH is 6. The number of carboxylic acid groups (broad SMARTS) is 2. The lowest BCUT2D eigenvalue weighted by Gasteiger charge is -2.38. The average Bonchev–Trinajstić information content (AvgIpc) is 1.61. The van der Waals surface area contributed by atoms with Crippen molar-refractivity contribution in [3.05, 3.63) is 98.4 Å². The zero-order valence-corrected chi connectivity index (χ0v) is 50.6. The number of rotatable bonds is 24. The first-order valence-corrected chi connectivity index (χ1v) is 29.7. The van der Waals surface area contributed by atoms with Crippen LogP contribution in [0, 0.1) is 11.6 Å². The lowest BCUT2D eigenvalue weighted by Crippen LogP contribution is -2.64. The monoisotopic (exact) mass is 1340 g/mol. The van der Waals surface area contributed by atoms with Crippen LogP contribution < -0.4 is 31.6 Å². The number of nitrogens with one attached hydrogen (secondary N) is 4. The van der Waals surface area contributed by atoms with Crippen molar-refractivity contribution in [3.8, 4) is 17.1 Å². The number of ether oxygens (including phenoxy) is 5. The summed E-state index contributed by atoms with van der Waals surface area (Å²) in [5, 5.41) is 102. The summed E-state index contributed by atoms with van der Waals surface area (Å²) in [6, 6.07) is 4.82. The lowest BCUT2D eigenvalue weighted by atomic mass is 9.86. The van der Waals surface area contributed by atoms with Crippen molar-refractivity contribution < 1.29 is 126 Å². The quantitative estimate of drug-likeness (QED) is 0.0220. The molecule has 0 aliphatic carbocycles. The number of hydrogen-bond acceptors (Lipinski definition) is 24. The van der Waals surface area contributed by atoms with Crippen molar-refractivity contribution in [1.29, 1.82) is 0 Å². The van der Waals surface area contributed by atoms with Gasteiger partial charge in [-0.3, -0.25) is 38.5 Å². The molecule has 5 aliphatic rings. The van der Waals surface area contributed by atoms with Gasteiger partial charge in [-0.15, -0.1) is 0 Å². The molecule has 5 aliphatic heterocycles. The van der Waals surface area contributed by atoms with Gasteiger partial charge < -0.3 is 100 Å². The number of aliphatic carboxylic acids is 2. The van der Waals surface area contributed by atoms with Crippen LogP contribution in [0.25, 0.3) is 22.3 Å². The second-order valence-corrected chi connectivity index (χ2v) is 23.1. The number of carbonyl (C=O) groups excluding carboxylic acids is 8. The summed E-state index contributed by atoms with van der Waals surface area (Å²) in [4.78, 5) is 149. The molecule has 0 spiro atoms. The maximum Gasteiger partial charge on any atom is 0.410 e. The van der Waals surface area contributed by atoms with E-state index in [4.69, 9.17) is 23.7 Å². The number of halogens is 2. The number of carboxylic acids is 2. The molecule has 7 heterocycles. The van der Waals surface area contributed by atoms with E-state index in [0.717, 1.165) is 24.3 Å². The highest BCUT2D eigenvalue weighted by atomic mass is 19.2. The van der Waals surface area contributed by atoms with E-state index in [9.17, 15) is 103 Å². The first kappa shape index (κ1) is 69.9. The average molecular weight is 1340 g/mol. The van der Waals surface area contributed by atoms with Crippen molar-refractivity contribution in [3.63, 3.8) is 0 Å². The fourth-order valence-electron chi connectivity index (χ4n) is 11.4. The smallest absolute Gasteiger partial charge is 0.410 e. The Balaban J connectivity index is 0.897. The van der Waals surface area contributed by atoms with Gasteiger partial charge in [-0.1, -0.05) is 13.0 Å². The van der Waals surface area contributed by atoms with Crippen LogP contribution in [0.15, 0.2) is 53.3 Å². The van der Waals surface area contributed by atoms with Gasteiger partial charge in [0.1, 0.15) is 68.2 Å². The first-order valence-electron chi connectivity index (χ1n) is 29.7. The molecule has 510 valence electrons. The van der Waals surface area contributed by atoms with E-state index < -0.39 is 195 Å². The van der Waals surface area contributed by atoms with Gasteiger partial charge in [0.15, 0.2) is 35.7 Å². The van der Waals surface area contributed by atoms with Crippen LogP contribution in [-0.4, -0.2) is 218 Å². The largest absolute Gasteiger partial charge is 0.479 e. The number of cyclic esters (lactones) is 1. The fraction of sp³-hybridized carbons (Fsp3) is 0.467. The summed E-state index contributed by atoms with van der Waals surface area (Å²) in [7, 11) is 0. The van der Waals surface area contributed by atoms with Crippen LogP contribution in [0.4, 0.5) is 19.3 Å². The van der Waals surface area contributed by atoms with Crippen molar-refractivity contribution in [2.45, 2.75) is 158 Å². The predicted molar refractivity (Wildman–Crippen MR) is 312 cm³/mol. The minimum atomic E-state index is -2.17. The summed E-state index contributed by atoms with van der Waals surface area (Å²) in [5.74, 6) is -12.7. The Labute approximate surface area is 534 Å². The molecule has 9 rings (SSSR count). The standard InChI is InChI=1S/C60H66F2N8O25/c1-4-60(90)30-18-36-43-28(20-69(36)54(83)29(30)23-91-58(60)88)26(27-17-31(61)32(62)19-34(27)66-43)13-15-68(24(2)3)59(89)92-22-25-8-9-37(93-57-49(81)45(77)47(79)51(95-57)56(86)87)35(16-25)65-39(72)12-14-63-52(82)33(64-40(73)21-70-41(74)10-11-42(70)75)6-5-7-38(71)67-53-48(80)44(76)46(78)50(94-53)55(84)85/h8-11,16-19,24,33,44-51,53,57,76-81,90H,4-7,12-15,20-23H2,1-3H3,(H,63,82)(H,64,73)(H,65,72)(H,67,71)(H,84,85)(H,86,87)/t33-,44-,45-,46-,47-,48+,49+,50-,51-,53+,57+,60-/m0/s1. The molecule has 2 aromatic carbocycles. The maximum atomic E-state index is 15.1. The SMILES string of the molecule is CC[C@@]1(O)C(=O)OCc2c1cc1n(c2=O)Cc2c-1nc1cc(F)c(F)cc1c2CCN(C(=O)OCc1ccc(O[C@@H]2O[C@H](C(=O)O)[C@@H](O)[C@H](O)[C@H]2O)c(NC(=O)CCNC(=O)[C@H](CCCC(=O)N[C@@H]2O[C@H](C(=O)O)[C@@H](O)[C@H](O)[C@H]2O)NC(=O)CN2C(=O)C=CC2=O)c1)C(C)C. The van der Waals surface area contributed by atoms with Gasteiger partial charge in [0.05, 0.1) is 34.7 Å². The third kappa shape index (κ3) is 14.6. The maximum absolute atomic E-state index is 15.1. The molecule has 2 fully saturated rings. The number of fused-ring (bicyclic) bond motifs is 5. The van der Waals surface area contributed by atoms with E-state index >= 15 is 4.39 Å². The second kappa shape index (κ2) is 28.6. The molecule has 12 atom stereocenters. The van der Waals surface area contributed by atoms with Crippen LogP contribution >= 0.6 is 0 Å². The minimum absolute atomic E-state index is 0.0133. The van der Waals surface area contributed by atoms with Gasteiger partial charge in [-0.2, -0.15) is 0 Å². The summed E-state index contributed by atoms with van der Waals surface area (Å²) in [6.07, 6.45) is -21.4. The molecule has 0 saturated carbocycles. The number of anilines is 1. The minimum Gasteiger partial charge on any atom is -0.479 e. The predicted octanol–water partition coefficient (Wildman–Crippen LogP) is -2.75. The molecule has 4 aromatic rings. The van der Waals surface area contributed by atoms with Gasteiger partial charge in [-0.05, 0) is 74.9 Å². The number of esters is 1. The number of hydrogen-bond donors (Lipinski definition) is 13. The Morgan fingerprint density at radius 1 is 0.811 bits per heavy atom. The fourth-order valence-corrected chi connectivity index (χ4v) is 11.4. The highest BCUT2D eigenvalue weighted by Crippen LogP contribution is 2.41. The van der Waals surface area contributed by atoms with E-state index in [1.165, 1.54) is 40.7 Å². The number of benzene rings is 2. The molecular formula is C60H66F2N8O25. The Hall–Kier alpha value is -9.46. The zero-order chi connectivity index (χ0) is 69.2. The van der Waals surface area contributed by atoms with E-state index in [1.807, 2.05) is 0 Å². The molecule has 2 saturated heterocycles. The third-order valence-corrected chi connectivity index (χ3v) is 16.6. The van der Waals surface area contributed by atoms with Crippen molar-refractivity contribution in [1.82, 2.24) is 35.3 Å². The van der Waals surface area contributed by atoms with Gasteiger partial charge in [-0.25, -0.2) is 32.9 Å². The first-order chi connectivity index (χ1) is 44.9. The second-order valence-electron chi connectivity index (χ2n) is 23.1. The number of amides is 7. The Morgan fingerprint density at radius 3 is 2.14 bits per heavy atom. The van der Waals surface area contributed by atoms with Crippen LogP contribution in [-0.2, 0) is 93.9 Å². The van der Waals surface area contributed by atoms with E-state index in [-0.39, 0.29) is 89.2 Å². The third-order valence-electron chi connectivity index (χ3n) is 16.6. The van der Waals surface area contributed by atoms with Crippen molar-refractivity contribution in [2.24, 2.45) is 0 Å². The normalized spacial score (nSPS) is 24.6. The summed E-state index contributed by atoms with van der Waals surface area (Å²) in [5.41, 5.74) is -1.77. The molecule has 35 heteroatoms. The van der Waals surface area contributed by atoms with Gasteiger partial charge >= 0.3 is 24.0 Å². The number of nitrogens with zero attached hydrogens (tertiary/aromatic N) is 4. The van der Waals surface area contributed by atoms with Gasteiger partial charge in [0.25, 0.3) is 17.4 Å². The summed E-state index contributed by atoms with van der Waals surface area (Å²) >= 11 is 0. The van der Waals surface area contributed by atoms with Crippen LogP contribution in [0.5, 0.6) is 5.75 Å². The number of pyridine rings is 2. The summed E-state index contributed by atoms with van der Waals surface area (Å²) < 4.78 is 58.4. The number of aliphatic hydroxyl groups is 7. The lowest BCUT2D eigenvalue weighted by molar-refractivity contribution is -0.271. The Bertz CT molecular complexity index is 3850. The van der Waals surface area contributed by atoms with E-state index in [2.05, 4.69) is 26.3 Å². The Morgan fingerprint density at radius 2 is 1.47 bits per heavy atom. The van der Waals surface area contributed by atoms with E-state index in [1.54, 1.807) is 13.8 Å². The van der Waals surface area contributed by atoms with Crippen LogP contribution in [0.3, 0.4) is 0 Å². The van der Waals surface area contributed by atoms with Crippen molar-refractivity contribution >= 4 is 76.0 Å². The highest BCUT2D eigenvalue weighted by molar-refractivity contribution is 6.14. The van der Waals surface area contributed by atoms with Crippen LogP contribution in [0.1, 0.15) is 80.7 Å². The molecule has 2 aromatic heterocycles. The number of imide groups is 1. The highest BCUT2D eigenvalue weighted by Gasteiger charge is 2.50. The molecule has 33 nitrogen and oxygen atoms in total. The molecule has 0 bridgehead atoms. The van der Waals surface area contributed by atoms with Crippen molar-refractivity contribution in [2.75, 3.05) is 25.0 Å². The molecule has 13 N–H and O–H groups in total. The Kier molecular flexibility index (Phi) is 21.1. The van der Waals surface area contributed by atoms with E-state index in [0.29, 0.717) is 16.0 Å². The molecular weight excluding hydrogens is 1270 g/mol. The number of aromatic nitrogens is 2. The summed E-state index contributed by atoms with van der Waals surface area (Å²) in [6.45, 7) is 2.24. The molecule has 0 radical (unpaired) electrons. The zero-order valence-electron chi connectivity index (χ0n) is 50.6. The van der Waals surface area contributed by atoms with Gasteiger partial charge in [0, 0.05) is 66.7 Å². The molecule has 95 heavy (non-hydrogen) atoms. The van der Waals surface area contributed by atoms with Gasteiger partial charge in [0.2, 0.25) is 29.9 Å². The topological polar surface area (TPSA) is 488 Å². The molecule has 0 unspecified atom stereocenters. The molecule has 7 amide bonds. The number of carbonyl (C=O) groups is 10.